The molecule has 2 atom stereocenters. The third-order valence-electron chi connectivity index (χ3n) is 5.93. The summed E-state index contributed by atoms with van der Waals surface area (Å²) in [6, 6.07) is 11.0. The number of likely N-dealkylation sites (tertiary alicyclic amines) is 1. The van der Waals surface area contributed by atoms with Gasteiger partial charge in [-0.25, -0.2) is 9.37 Å². The molecule has 0 bridgehead atoms. The molecule has 4 nitrogen and oxygen atoms in total. The van der Waals surface area contributed by atoms with Gasteiger partial charge in [0.2, 0.25) is 0 Å². The van der Waals surface area contributed by atoms with Crippen molar-refractivity contribution >= 4 is 16.9 Å². The van der Waals surface area contributed by atoms with Crippen LogP contribution in [0.1, 0.15) is 46.7 Å². The van der Waals surface area contributed by atoms with E-state index in [0.29, 0.717) is 5.56 Å². The molecule has 1 fully saturated rings. The van der Waals surface area contributed by atoms with Gasteiger partial charge in [0.25, 0.3) is 5.91 Å². The first kappa shape index (κ1) is 15.6. The summed E-state index contributed by atoms with van der Waals surface area (Å²) in [7, 11) is 0. The first-order chi connectivity index (χ1) is 12.7. The first-order valence-corrected chi connectivity index (χ1v) is 9.24. The molecular formula is C21H20FN3O. The summed E-state index contributed by atoms with van der Waals surface area (Å²) in [5.74, 6) is 0.0231. The lowest BCUT2D eigenvalue weighted by Crippen LogP contribution is -2.49. The van der Waals surface area contributed by atoms with Gasteiger partial charge < -0.3 is 9.88 Å². The standard InChI is InChI=1S/C21H20FN3O/c22-16-5-1-3-13-7-9-19-15(20(13)16)4-2-10-25(19)21(26)14-6-8-17-18(11-14)24-12-23-17/h1,3,5-6,8,11-12,15,19H,2,4,7,9-10H2,(H,23,24)/t15-,19+/m0/s1. The molecule has 5 heteroatoms. The molecule has 2 aliphatic rings. The van der Waals surface area contributed by atoms with Crippen molar-refractivity contribution < 1.29 is 9.18 Å². The second-order valence-corrected chi connectivity index (χ2v) is 7.30. The summed E-state index contributed by atoms with van der Waals surface area (Å²) in [6.45, 7) is 0.741. The minimum Gasteiger partial charge on any atom is -0.345 e. The Kier molecular flexibility index (Phi) is 3.55. The van der Waals surface area contributed by atoms with Crippen LogP contribution in [0.15, 0.2) is 42.7 Å². The highest BCUT2D eigenvalue weighted by Gasteiger charge is 2.39. The van der Waals surface area contributed by atoms with Crippen molar-refractivity contribution in [2.24, 2.45) is 0 Å². The lowest BCUT2D eigenvalue weighted by molar-refractivity contribution is 0.0543. The number of aromatic nitrogens is 2. The maximum absolute atomic E-state index is 14.5. The van der Waals surface area contributed by atoms with E-state index in [1.165, 1.54) is 0 Å². The van der Waals surface area contributed by atoms with Crippen LogP contribution in [0.2, 0.25) is 0 Å². The van der Waals surface area contributed by atoms with E-state index >= 15 is 0 Å². The van der Waals surface area contributed by atoms with Gasteiger partial charge in [0.15, 0.2) is 0 Å². The zero-order valence-corrected chi connectivity index (χ0v) is 14.4. The monoisotopic (exact) mass is 349 g/mol. The van der Waals surface area contributed by atoms with Crippen molar-refractivity contribution in [3.05, 3.63) is 65.2 Å². The van der Waals surface area contributed by atoms with Gasteiger partial charge in [-0.05, 0) is 61.1 Å². The van der Waals surface area contributed by atoms with Crippen molar-refractivity contribution in [1.82, 2.24) is 14.9 Å². The molecule has 1 amide bonds. The molecule has 0 spiro atoms. The maximum atomic E-state index is 14.5. The number of nitrogens with zero attached hydrogens (tertiary/aromatic N) is 2. The predicted octanol–water partition coefficient (Wildman–Crippen LogP) is 4.04. The highest BCUT2D eigenvalue weighted by atomic mass is 19.1. The molecule has 0 radical (unpaired) electrons. The first-order valence-electron chi connectivity index (χ1n) is 9.24. The number of halogens is 1. The number of hydrogen-bond donors (Lipinski definition) is 1. The number of imidazole rings is 1. The predicted molar refractivity (Wildman–Crippen MR) is 97.6 cm³/mol. The third-order valence-corrected chi connectivity index (χ3v) is 5.93. The highest BCUT2D eigenvalue weighted by molar-refractivity contribution is 5.97. The van der Waals surface area contributed by atoms with Gasteiger partial charge in [-0.1, -0.05) is 12.1 Å². The molecule has 1 aliphatic carbocycles. The highest BCUT2D eigenvalue weighted by Crippen LogP contribution is 2.42. The van der Waals surface area contributed by atoms with Gasteiger partial charge in [0, 0.05) is 24.1 Å². The number of amides is 1. The number of H-pyrrole nitrogens is 1. The van der Waals surface area contributed by atoms with E-state index in [9.17, 15) is 9.18 Å². The van der Waals surface area contributed by atoms with Crippen molar-refractivity contribution in [3.8, 4) is 0 Å². The van der Waals surface area contributed by atoms with E-state index in [0.717, 1.165) is 54.4 Å². The van der Waals surface area contributed by atoms with E-state index in [1.54, 1.807) is 18.5 Å². The summed E-state index contributed by atoms with van der Waals surface area (Å²) in [5.41, 5.74) is 4.34. The lowest BCUT2D eigenvalue weighted by Gasteiger charge is -2.45. The number of benzene rings is 2. The second-order valence-electron chi connectivity index (χ2n) is 7.30. The summed E-state index contributed by atoms with van der Waals surface area (Å²) < 4.78 is 14.5. The van der Waals surface area contributed by atoms with Crippen LogP contribution in [-0.4, -0.2) is 33.4 Å². The topological polar surface area (TPSA) is 49.0 Å². The Hall–Kier alpha value is -2.69. The van der Waals surface area contributed by atoms with Crippen LogP contribution in [0, 0.1) is 5.82 Å². The molecule has 1 N–H and O–H groups in total. The van der Waals surface area contributed by atoms with Crippen molar-refractivity contribution in [1.29, 1.82) is 0 Å². The molecule has 1 saturated heterocycles. The van der Waals surface area contributed by atoms with Crippen LogP contribution in [0.25, 0.3) is 11.0 Å². The number of aryl methyl sites for hydroxylation is 1. The zero-order chi connectivity index (χ0) is 17.7. The number of hydrogen-bond acceptors (Lipinski definition) is 2. The van der Waals surface area contributed by atoms with E-state index in [-0.39, 0.29) is 23.7 Å². The van der Waals surface area contributed by atoms with E-state index in [1.807, 2.05) is 29.2 Å². The number of rotatable bonds is 1. The quantitative estimate of drug-likeness (QED) is 0.721. The Balaban J connectivity index is 1.50. The van der Waals surface area contributed by atoms with Gasteiger partial charge in [0.1, 0.15) is 5.82 Å². The molecular weight excluding hydrogens is 329 g/mol. The Morgan fingerprint density at radius 2 is 2.15 bits per heavy atom. The number of aromatic amines is 1. The molecule has 26 heavy (non-hydrogen) atoms. The molecule has 2 heterocycles. The molecule has 132 valence electrons. The zero-order valence-electron chi connectivity index (χ0n) is 14.4. The smallest absolute Gasteiger partial charge is 0.254 e. The SMILES string of the molecule is O=C(c1ccc2nc[nH]c2c1)N1CCC[C@@H]2c3c(F)cccc3CC[C@H]21. The number of carbonyl (C=O) groups is 1. The van der Waals surface area contributed by atoms with Crippen LogP contribution >= 0.6 is 0 Å². The Labute approximate surface area is 151 Å². The minimum atomic E-state index is -0.120. The molecule has 2 aromatic carbocycles. The maximum Gasteiger partial charge on any atom is 0.254 e. The number of carbonyl (C=O) groups excluding carboxylic acids is 1. The Morgan fingerprint density at radius 1 is 1.23 bits per heavy atom. The molecule has 3 aromatic rings. The van der Waals surface area contributed by atoms with Gasteiger partial charge in [-0.3, -0.25) is 4.79 Å². The fraction of sp³-hybridized carbons (Fsp3) is 0.333. The second kappa shape index (κ2) is 5.94. The van der Waals surface area contributed by atoms with Crippen molar-refractivity contribution in [2.45, 2.75) is 37.6 Å². The van der Waals surface area contributed by atoms with Gasteiger partial charge in [-0.2, -0.15) is 0 Å². The average molecular weight is 349 g/mol. The fourth-order valence-corrected chi connectivity index (χ4v) is 4.76. The normalized spacial score (nSPS) is 22.1. The van der Waals surface area contributed by atoms with Gasteiger partial charge in [0.05, 0.1) is 17.4 Å². The summed E-state index contributed by atoms with van der Waals surface area (Å²) >= 11 is 0. The van der Waals surface area contributed by atoms with E-state index in [2.05, 4.69) is 9.97 Å². The summed E-state index contributed by atoms with van der Waals surface area (Å²) in [6.07, 6.45) is 5.22. The molecule has 0 unspecified atom stereocenters. The van der Waals surface area contributed by atoms with Crippen LogP contribution in [0.5, 0.6) is 0 Å². The fourth-order valence-electron chi connectivity index (χ4n) is 4.76. The average Bonchev–Trinajstić information content (AvgIpc) is 3.14. The largest absolute Gasteiger partial charge is 0.345 e. The molecule has 1 aromatic heterocycles. The van der Waals surface area contributed by atoms with E-state index in [4.69, 9.17) is 0 Å². The molecule has 0 saturated carbocycles. The number of fused-ring (bicyclic) bond motifs is 4. The van der Waals surface area contributed by atoms with Crippen LogP contribution in [0.3, 0.4) is 0 Å². The summed E-state index contributed by atoms with van der Waals surface area (Å²) in [4.78, 5) is 22.5. The van der Waals surface area contributed by atoms with Crippen LogP contribution < -0.4 is 0 Å². The molecule has 1 aliphatic heterocycles. The number of piperidine rings is 1. The van der Waals surface area contributed by atoms with Crippen molar-refractivity contribution in [3.63, 3.8) is 0 Å². The van der Waals surface area contributed by atoms with Gasteiger partial charge >= 0.3 is 0 Å². The summed E-state index contributed by atoms with van der Waals surface area (Å²) in [5, 5.41) is 0. The van der Waals surface area contributed by atoms with Crippen LogP contribution in [-0.2, 0) is 6.42 Å². The minimum absolute atomic E-state index is 0.0380. The van der Waals surface area contributed by atoms with Gasteiger partial charge in [-0.15, -0.1) is 0 Å². The Morgan fingerprint density at radius 3 is 3.08 bits per heavy atom. The van der Waals surface area contributed by atoms with E-state index < -0.39 is 0 Å². The third kappa shape index (κ3) is 2.34. The lowest BCUT2D eigenvalue weighted by atomic mass is 9.74. The van der Waals surface area contributed by atoms with Crippen LogP contribution in [0.4, 0.5) is 4.39 Å². The van der Waals surface area contributed by atoms with Crippen molar-refractivity contribution in [2.75, 3.05) is 6.54 Å². The number of nitrogens with one attached hydrogen (secondary N) is 1. The molecule has 5 rings (SSSR count). The Bertz CT molecular complexity index is 996.